The lowest BCUT2D eigenvalue weighted by atomic mass is 10.1. The first-order valence-electron chi connectivity index (χ1n) is 12.4. The molecule has 1 atom stereocenters. The number of rotatable bonds is 12. The summed E-state index contributed by atoms with van der Waals surface area (Å²) in [6.45, 7) is 3.46. The van der Waals surface area contributed by atoms with Crippen LogP contribution in [-0.2, 0) is 26.2 Å². The Morgan fingerprint density at radius 1 is 0.974 bits per heavy atom. The number of carbonyl (C=O) groups excluding carboxylic acids is 2. The fraction of sp³-hybridized carbons (Fsp3) is 0.286. The van der Waals surface area contributed by atoms with Crippen LogP contribution >= 0.6 is 11.6 Å². The van der Waals surface area contributed by atoms with Crippen LogP contribution in [0.25, 0.3) is 0 Å². The third-order valence-electron chi connectivity index (χ3n) is 6.01. The molecule has 1 N–H and O–H groups in total. The number of hydrogen-bond donors (Lipinski definition) is 1. The number of nitrogens with one attached hydrogen (secondary N) is 1. The summed E-state index contributed by atoms with van der Waals surface area (Å²) in [5.74, 6) is -1.04. The van der Waals surface area contributed by atoms with Crippen LogP contribution in [0.4, 0.5) is 10.1 Å². The minimum atomic E-state index is -4.30. The van der Waals surface area contributed by atoms with Gasteiger partial charge in [0.25, 0.3) is 10.0 Å². The molecule has 39 heavy (non-hydrogen) atoms. The zero-order valence-corrected chi connectivity index (χ0v) is 23.5. The standard InChI is InChI=1S/C28H31ClFN3O5S/c1-4-26(28(35)31-3)32(18-20-6-8-21(29)9-7-20)27(34)19-33(23-12-14-24(15-13-23)38-5-2)39(36,37)25-16-10-22(30)11-17-25/h6-17,26H,4-5,18-19H2,1-3H3,(H,31,35). The van der Waals surface area contributed by atoms with E-state index >= 15 is 0 Å². The highest BCUT2D eigenvalue weighted by atomic mass is 35.5. The van der Waals surface area contributed by atoms with Crippen molar-refractivity contribution in [2.75, 3.05) is 24.5 Å². The molecular formula is C28H31ClFN3O5S. The van der Waals surface area contributed by atoms with Gasteiger partial charge in [-0.05, 0) is 79.6 Å². The molecule has 3 aromatic rings. The summed E-state index contributed by atoms with van der Waals surface area (Å²) in [5.41, 5.74) is 0.916. The minimum absolute atomic E-state index is 0.0512. The van der Waals surface area contributed by atoms with E-state index in [2.05, 4.69) is 5.32 Å². The molecule has 0 fully saturated rings. The van der Waals surface area contributed by atoms with Crippen LogP contribution in [-0.4, -0.2) is 51.4 Å². The molecule has 0 saturated heterocycles. The molecule has 8 nitrogen and oxygen atoms in total. The second-order valence-electron chi connectivity index (χ2n) is 8.58. The van der Waals surface area contributed by atoms with E-state index in [-0.39, 0.29) is 23.0 Å². The van der Waals surface area contributed by atoms with Gasteiger partial charge in [-0.15, -0.1) is 0 Å². The van der Waals surface area contributed by atoms with Crippen molar-refractivity contribution < 1.29 is 27.1 Å². The quantitative estimate of drug-likeness (QED) is 0.340. The van der Waals surface area contributed by atoms with Crippen molar-refractivity contribution in [1.82, 2.24) is 10.2 Å². The summed E-state index contributed by atoms with van der Waals surface area (Å²) in [6, 6.07) is 16.6. The SMILES string of the molecule is CCOc1ccc(N(CC(=O)N(Cc2ccc(Cl)cc2)C(CC)C(=O)NC)S(=O)(=O)c2ccc(F)cc2)cc1. The first-order valence-corrected chi connectivity index (χ1v) is 14.2. The molecule has 0 saturated carbocycles. The lowest BCUT2D eigenvalue weighted by Crippen LogP contribution is -2.51. The van der Waals surface area contributed by atoms with E-state index in [0.717, 1.165) is 28.6 Å². The normalized spacial score (nSPS) is 11.9. The molecule has 0 bridgehead atoms. The average Bonchev–Trinajstić information content (AvgIpc) is 2.93. The summed E-state index contributed by atoms with van der Waals surface area (Å²) in [6.07, 6.45) is 0.298. The topological polar surface area (TPSA) is 96.0 Å². The predicted octanol–water partition coefficient (Wildman–Crippen LogP) is 4.63. The summed E-state index contributed by atoms with van der Waals surface area (Å²) in [4.78, 5) is 27.7. The lowest BCUT2D eigenvalue weighted by molar-refractivity contribution is -0.140. The van der Waals surface area contributed by atoms with Crippen LogP contribution in [0.3, 0.4) is 0 Å². The van der Waals surface area contributed by atoms with Gasteiger partial charge >= 0.3 is 0 Å². The van der Waals surface area contributed by atoms with Crippen molar-refractivity contribution in [3.05, 3.63) is 89.2 Å². The number of anilines is 1. The number of likely N-dealkylation sites (N-methyl/N-ethyl adjacent to an activating group) is 1. The van der Waals surface area contributed by atoms with Gasteiger partial charge in [-0.25, -0.2) is 12.8 Å². The molecule has 0 heterocycles. The van der Waals surface area contributed by atoms with E-state index in [1.165, 1.54) is 24.1 Å². The van der Waals surface area contributed by atoms with Gasteiger partial charge in [0.05, 0.1) is 17.2 Å². The fourth-order valence-electron chi connectivity index (χ4n) is 4.01. The van der Waals surface area contributed by atoms with E-state index in [9.17, 15) is 22.4 Å². The van der Waals surface area contributed by atoms with E-state index in [0.29, 0.717) is 29.4 Å². The van der Waals surface area contributed by atoms with Gasteiger partial charge in [0, 0.05) is 18.6 Å². The Bertz CT molecular complexity index is 1370. The predicted molar refractivity (Wildman–Crippen MR) is 149 cm³/mol. The third kappa shape index (κ3) is 7.48. The molecular weight excluding hydrogens is 545 g/mol. The lowest BCUT2D eigenvalue weighted by Gasteiger charge is -2.33. The molecule has 0 radical (unpaired) electrons. The maximum Gasteiger partial charge on any atom is 0.264 e. The Morgan fingerprint density at radius 2 is 1.59 bits per heavy atom. The van der Waals surface area contributed by atoms with Crippen LogP contribution in [0, 0.1) is 5.82 Å². The number of halogens is 2. The monoisotopic (exact) mass is 575 g/mol. The van der Waals surface area contributed by atoms with Gasteiger partial charge < -0.3 is 15.0 Å². The van der Waals surface area contributed by atoms with Gasteiger partial charge in [0.1, 0.15) is 24.2 Å². The zero-order valence-electron chi connectivity index (χ0n) is 21.9. The van der Waals surface area contributed by atoms with Gasteiger partial charge in [-0.1, -0.05) is 30.7 Å². The summed E-state index contributed by atoms with van der Waals surface area (Å²) in [5, 5.41) is 3.09. The first-order chi connectivity index (χ1) is 18.6. The second-order valence-corrected chi connectivity index (χ2v) is 10.9. The van der Waals surface area contributed by atoms with Crippen molar-refractivity contribution in [1.29, 1.82) is 0 Å². The molecule has 3 rings (SSSR count). The molecule has 0 spiro atoms. The number of carbonyl (C=O) groups is 2. The van der Waals surface area contributed by atoms with Crippen LogP contribution in [0.2, 0.25) is 5.02 Å². The zero-order chi connectivity index (χ0) is 28.6. The van der Waals surface area contributed by atoms with Gasteiger partial charge in [0.15, 0.2) is 0 Å². The molecule has 0 aromatic heterocycles. The van der Waals surface area contributed by atoms with Crippen molar-refractivity contribution in [3.8, 4) is 5.75 Å². The minimum Gasteiger partial charge on any atom is -0.494 e. The number of hydrogen-bond acceptors (Lipinski definition) is 5. The van der Waals surface area contributed by atoms with E-state index in [1.807, 2.05) is 6.92 Å². The third-order valence-corrected chi connectivity index (χ3v) is 8.05. The molecule has 11 heteroatoms. The molecule has 1 unspecified atom stereocenters. The number of nitrogens with zero attached hydrogens (tertiary/aromatic N) is 2. The van der Waals surface area contributed by atoms with Crippen LogP contribution in [0.1, 0.15) is 25.8 Å². The van der Waals surface area contributed by atoms with Crippen LogP contribution in [0.15, 0.2) is 77.7 Å². The van der Waals surface area contributed by atoms with Crippen molar-refractivity contribution in [2.24, 2.45) is 0 Å². The van der Waals surface area contributed by atoms with Crippen molar-refractivity contribution in [2.45, 2.75) is 37.8 Å². The Balaban J connectivity index is 2.05. The summed E-state index contributed by atoms with van der Waals surface area (Å²) in [7, 11) is -2.83. The molecule has 3 aromatic carbocycles. The average molecular weight is 576 g/mol. The molecule has 0 aliphatic heterocycles. The number of ether oxygens (including phenoxy) is 1. The van der Waals surface area contributed by atoms with E-state index < -0.39 is 34.3 Å². The van der Waals surface area contributed by atoms with E-state index in [4.69, 9.17) is 16.3 Å². The smallest absolute Gasteiger partial charge is 0.264 e. The second kappa shape index (κ2) is 13.4. The molecule has 0 aliphatic carbocycles. The van der Waals surface area contributed by atoms with Gasteiger partial charge in [0.2, 0.25) is 11.8 Å². The van der Waals surface area contributed by atoms with E-state index in [1.54, 1.807) is 43.3 Å². The highest BCUT2D eigenvalue weighted by Crippen LogP contribution is 2.27. The van der Waals surface area contributed by atoms with Crippen LogP contribution < -0.4 is 14.4 Å². The van der Waals surface area contributed by atoms with Crippen molar-refractivity contribution in [3.63, 3.8) is 0 Å². The molecule has 2 amide bonds. The highest BCUT2D eigenvalue weighted by Gasteiger charge is 2.33. The molecule has 208 valence electrons. The highest BCUT2D eigenvalue weighted by molar-refractivity contribution is 7.92. The largest absolute Gasteiger partial charge is 0.494 e. The Kier molecular flexibility index (Phi) is 10.3. The van der Waals surface area contributed by atoms with Gasteiger partial charge in [-0.3, -0.25) is 13.9 Å². The van der Waals surface area contributed by atoms with Gasteiger partial charge in [-0.2, -0.15) is 0 Å². The maximum atomic E-state index is 13.8. The molecule has 0 aliphatic rings. The fourth-order valence-corrected chi connectivity index (χ4v) is 5.55. The summed E-state index contributed by atoms with van der Waals surface area (Å²) >= 11 is 6.01. The Morgan fingerprint density at radius 3 is 2.13 bits per heavy atom. The maximum absolute atomic E-state index is 13.8. The number of amides is 2. The number of sulfonamides is 1. The number of benzene rings is 3. The Hall–Kier alpha value is -3.63. The first kappa shape index (κ1) is 29.9. The van der Waals surface area contributed by atoms with Crippen LogP contribution in [0.5, 0.6) is 5.75 Å². The van der Waals surface area contributed by atoms with Crippen molar-refractivity contribution >= 4 is 39.1 Å². The summed E-state index contributed by atoms with van der Waals surface area (Å²) < 4.78 is 47.5. The Labute approximate surface area is 233 Å².